The summed E-state index contributed by atoms with van der Waals surface area (Å²) in [7, 11) is 0. The van der Waals surface area contributed by atoms with Gasteiger partial charge in [0.15, 0.2) is 6.61 Å². The van der Waals surface area contributed by atoms with Gasteiger partial charge in [-0.3, -0.25) is 4.79 Å². The van der Waals surface area contributed by atoms with Gasteiger partial charge in [0.2, 0.25) is 0 Å². The van der Waals surface area contributed by atoms with Crippen molar-refractivity contribution in [3.63, 3.8) is 0 Å². The lowest BCUT2D eigenvalue weighted by Crippen LogP contribution is -2.42. The number of hydrogen-bond acceptors (Lipinski definition) is 3. The summed E-state index contributed by atoms with van der Waals surface area (Å²) in [5.41, 5.74) is 1.20. The van der Waals surface area contributed by atoms with Gasteiger partial charge in [-0.25, -0.2) is 4.79 Å². The molecule has 2 rings (SSSR count). The van der Waals surface area contributed by atoms with E-state index in [1.165, 1.54) is 10.5 Å². The van der Waals surface area contributed by atoms with E-state index in [0.717, 1.165) is 12.8 Å². The number of carboxylic acid groups (broad SMARTS) is 1. The molecule has 1 atom stereocenters. The Kier molecular flexibility index (Phi) is 4.61. The quantitative estimate of drug-likeness (QED) is 0.889. The summed E-state index contributed by atoms with van der Waals surface area (Å²) in [4.78, 5) is 24.4. The van der Waals surface area contributed by atoms with Crippen LogP contribution in [0.5, 0.6) is 5.75 Å². The molecule has 1 aromatic rings. The molecule has 1 heterocycles. The highest BCUT2D eigenvalue weighted by Gasteiger charge is 2.33. The SMILES string of the molecule is CCc1ccc(OCC(=O)N2CCCC2C(=O)O)cc1. The molecule has 1 aromatic carbocycles. The average molecular weight is 277 g/mol. The van der Waals surface area contributed by atoms with Crippen molar-refractivity contribution in [2.24, 2.45) is 0 Å². The summed E-state index contributed by atoms with van der Waals surface area (Å²) in [6, 6.07) is 6.86. The molecule has 1 unspecified atom stereocenters. The van der Waals surface area contributed by atoms with Crippen LogP contribution in [-0.2, 0) is 16.0 Å². The van der Waals surface area contributed by atoms with Crippen molar-refractivity contribution < 1.29 is 19.4 Å². The second-order valence-electron chi connectivity index (χ2n) is 4.87. The van der Waals surface area contributed by atoms with Gasteiger partial charge in [0.25, 0.3) is 5.91 Å². The number of aryl methyl sites for hydroxylation is 1. The highest BCUT2D eigenvalue weighted by atomic mass is 16.5. The molecule has 1 aliphatic heterocycles. The largest absolute Gasteiger partial charge is 0.484 e. The van der Waals surface area contributed by atoms with Crippen LogP contribution in [0.25, 0.3) is 0 Å². The molecule has 5 heteroatoms. The summed E-state index contributed by atoms with van der Waals surface area (Å²) < 4.78 is 5.42. The number of carbonyl (C=O) groups is 2. The van der Waals surface area contributed by atoms with Crippen LogP contribution in [0.4, 0.5) is 0 Å². The van der Waals surface area contributed by atoms with Crippen LogP contribution in [0.15, 0.2) is 24.3 Å². The number of benzene rings is 1. The van der Waals surface area contributed by atoms with E-state index in [0.29, 0.717) is 18.7 Å². The second-order valence-corrected chi connectivity index (χ2v) is 4.87. The van der Waals surface area contributed by atoms with E-state index in [-0.39, 0.29) is 12.5 Å². The van der Waals surface area contributed by atoms with Crippen LogP contribution in [0.2, 0.25) is 0 Å². The molecule has 0 radical (unpaired) electrons. The Morgan fingerprint density at radius 2 is 2.05 bits per heavy atom. The maximum absolute atomic E-state index is 12.0. The summed E-state index contributed by atoms with van der Waals surface area (Å²) in [6.07, 6.45) is 2.20. The zero-order valence-corrected chi connectivity index (χ0v) is 11.5. The molecule has 108 valence electrons. The van der Waals surface area contributed by atoms with Gasteiger partial charge in [0.1, 0.15) is 11.8 Å². The first kappa shape index (κ1) is 14.4. The fourth-order valence-electron chi connectivity index (χ4n) is 2.37. The molecule has 0 spiro atoms. The highest BCUT2D eigenvalue weighted by Crippen LogP contribution is 2.18. The van der Waals surface area contributed by atoms with Crippen LogP contribution >= 0.6 is 0 Å². The van der Waals surface area contributed by atoms with Crippen LogP contribution in [0.1, 0.15) is 25.3 Å². The first-order valence-corrected chi connectivity index (χ1v) is 6.86. The molecule has 5 nitrogen and oxygen atoms in total. The van der Waals surface area contributed by atoms with Crippen molar-refractivity contribution >= 4 is 11.9 Å². The number of aliphatic carboxylic acids is 1. The lowest BCUT2D eigenvalue weighted by molar-refractivity contribution is -0.148. The highest BCUT2D eigenvalue weighted by molar-refractivity contribution is 5.85. The van der Waals surface area contributed by atoms with Gasteiger partial charge < -0.3 is 14.7 Å². The van der Waals surface area contributed by atoms with E-state index in [4.69, 9.17) is 9.84 Å². The molecule has 1 N–H and O–H groups in total. The number of ether oxygens (including phenoxy) is 1. The number of rotatable bonds is 5. The van der Waals surface area contributed by atoms with Crippen LogP contribution in [0, 0.1) is 0 Å². The number of carboxylic acids is 1. The topological polar surface area (TPSA) is 66.8 Å². The maximum atomic E-state index is 12.0. The van der Waals surface area contributed by atoms with Crippen molar-refractivity contribution in [3.8, 4) is 5.75 Å². The van der Waals surface area contributed by atoms with E-state index in [9.17, 15) is 9.59 Å². The number of hydrogen-bond donors (Lipinski definition) is 1. The summed E-state index contributed by atoms with van der Waals surface area (Å²) in [6.45, 7) is 2.45. The number of nitrogens with zero attached hydrogens (tertiary/aromatic N) is 1. The van der Waals surface area contributed by atoms with Gasteiger partial charge in [-0.2, -0.15) is 0 Å². The van der Waals surface area contributed by atoms with Gasteiger partial charge in [0.05, 0.1) is 0 Å². The van der Waals surface area contributed by atoms with Crippen LogP contribution < -0.4 is 4.74 Å². The zero-order chi connectivity index (χ0) is 14.5. The fraction of sp³-hybridized carbons (Fsp3) is 0.467. The predicted molar refractivity (Wildman–Crippen MR) is 73.7 cm³/mol. The van der Waals surface area contributed by atoms with E-state index in [2.05, 4.69) is 6.92 Å². The van der Waals surface area contributed by atoms with Gasteiger partial charge in [-0.1, -0.05) is 19.1 Å². The fourth-order valence-corrected chi connectivity index (χ4v) is 2.37. The molecule has 1 fully saturated rings. The molecule has 20 heavy (non-hydrogen) atoms. The first-order valence-electron chi connectivity index (χ1n) is 6.86. The molecular weight excluding hydrogens is 258 g/mol. The molecule has 0 saturated carbocycles. The summed E-state index contributed by atoms with van der Waals surface area (Å²) in [5.74, 6) is -0.584. The molecule has 1 saturated heterocycles. The van der Waals surface area contributed by atoms with Gasteiger partial charge in [-0.15, -0.1) is 0 Å². The molecule has 0 aromatic heterocycles. The lowest BCUT2D eigenvalue weighted by Gasteiger charge is -2.21. The van der Waals surface area contributed by atoms with Crippen molar-refractivity contribution in [2.75, 3.05) is 13.2 Å². The van der Waals surface area contributed by atoms with Crippen molar-refractivity contribution in [1.29, 1.82) is 0 Å². The minimum absolute atomic E-state index is 0.116. The van der Waals surface area contributed by atoms with E-state index in [1.54, 1.807) is 0 Å². The number of amides is 1. The van der Waals surface area contributed by atoms with E-state index in [1.807, 2.05) is 24.3 Å². The minimum Gasteiger partial charge on any atom is -0.484 e. The van der Waals surface area contributed by atoms with Crippen LogP contribution in [-0.4, -0.2) is 41.1 Å². The summed E-state index contributed by atoms with van der Waals surface area (Å²) in [5, 5.41) is 9.04. The van der Waals surface area contributed by atoms with Crippen molar-refractivity contribution in [1.82, 2.24) is 4.90 Å². The predicted octanol–water partition coefficient (Wildman–Crippen LogP) is 1.70. The normalized spacial score (nSPS) is 18.1. The Morgan fingerprint density at radius 1 is 1.35 bits per heavy atom. The number of carbonyl (C=O) groups excluding carboxylic acids is 1. The lowest BCUT2D eigenvalue weighted by atomic mass is 10.2. The Balaban J connectivity index is 1.89. The Hall–Kier alpha value is -2.04. The monoisotopic (exact) mass is 277 g/mol. The van der Waals surface area contributed by atoms with Gasteiger partial charge in [0, 0.05) is 6.54 Å². The second kappa shape index (κ2) is 6.41. The average Bonchev–Trinajstić information content (AvgIpc) is 2.95. The van der Waals surface area contributed by atoms with E-state index >= 15 is 0 Å². The third kappa shape index (κ3) is 3.29. The Bertz CT molecular complexity index is 483. The molecule has 1 aliphatic rings. The maximum Gasteiger partial charge on any atom is 0.326 e. The van der Waals surface area contributed by atoms with Crippen molar-refractivity contribution in [2.45, 2.75) is 32.2 Å². The number of likely N-dealkylation sites (tertiary alicyclic amines) is 1. The third-order valence-corrected chi connectivity index (χ3v) is 3.55. The Morgan fingerprint density at radius 3 is 2.65 bits per heavy atom. The zero-order valence-electron chi connectivity index (χ0n) is 11.5. The van der Waals surface area contributed by atoms with Gasteiger partial charge >= 0.3 is 5.97 Å². The van der Waals surface area contributed by atoms with Crippen molar-refractivity contribution in [3.05, 3.63) is 29.8 Å². The van der Waals surface area contributed by atoms with Gasteiger partial charge in [-0.05, 0) is 37.0 Å². The standard InChI is InChI=1S/C15H19NO4/c1-2-11-5-7-12(8-6-11)20-10-14(17)16-9-3-4-13(16)15(18)19/h5-8,13H,2-4,9-10H2,1H3,(H,18,19). The molecule has 1 amide bonds. The smallest absolute Gasteiger partial charge is 0.326 e. The summed E-state index contributed by atoms with van der Waals surface area (Å²) >= 11 is 0. The Labute approximate surface area is 118 Å². The molecular formula is C15H19NO4. The molecule has 0 bridgehead atoms. The van der Waals surface area contributed by atoms with Crippen LogP contribution in [0.3, 0.4) is 0 Å². The molecule has 0 aliphatic carbocycles. The van der Waals surface area contributed by atoms with E-state index < -0.39 is 12.0 Å². The first-order chi connectivity index (χ1) is 9.61. The third-order valence-electron chi connectivity index (χ3n) is 3.55. The minimum atomic E-state index is -0.942.